The number of sulfone groups is 1. The maximum absolute atomic E-state index is 13.5. The highest BCUT2D eigenvalue weighted by Crippen LogP contribution is 2.34. The van der Waals surface area contributed by atoms with E-state index >= 15 is 0 Å². The lowest BCUT2D eigenvalue weighted by Gasteiger charge is -2.11. The van der Waals surface area contributed by atoms with Crippen LogP contribution in [-0.4, -0.2) is 37.5 Å². The van der Waals surface area contributed by atoms with Crippen LogP contribution < -0.4 is 10.1 Å². The number of benzene rings is 1. The number of hydrogen-bond acceptors (Lipinski definition) is 5. The Bertz CT molecular complexity index is 1310. The minimum atomic E-state index is -3.66. The predicted octanol–water partition coefficient (Wildman–Crippen LogP) is 4.89. The van der Waals surface area contributed by atoms with Crippen LogP contribution in [0.5, 0.6) is 5.75 Å². The maximum atomic E-state index is 13.5. The Kier molecular flexibility index (Phi) is 7.65. The van der Waals surface area contributed by atoms with Crippen molar-refractivity contribution in [3.05, 3.63) is 90.5 Å². The molecular weight excluding hydrogens is 446 g/mol. The molecule has 7 heteroatoms. The van der Waals surface area contributed by atoms with Gasteiger partial charge in [0.2, 0.25) is 9.84 Å². The molecule has 0 fully saturated rings. The fraction of sp³-hybridized carbons (Fsp3) is 0.296. The van der Waals surface area contributed by atoms with Crippen molar-refractivity contribution < 1.29 is 13.2 Å². The van der Waals surface area contributed by atoms with Crippen molar-refractivity contribution in [1.29, 1.82) is 0 Å². The van der Waals surface area contributed by atoms with Crippen LogP contribution >= 0.6 is 0 Å². The SMILES string of the molecule is CC(C)c1cn2ccccc2c1S(=O)(=O)c1ccc(OCCCNCCc2ccccn2)cc1. The van der Waals surface area contributed by atoms with E-state index < -0.39 is 9.84 Å². The Morgan fingerprint density at radius 3 is 2.53 bits per heavy atom. The summed E-state index contributed by atoms with van der Waals surface area (Å²) in [6.07, 6.45) is 7.35. The number of ether oxygens (including phenoxy) is 1. The molecule has 0 aliphatic carbocycles. The minimum absolute atomic E-state index is 0.0878. The molecule has 0 saturated carbocycles. The smallest absolute Gasteiger partial charge is 0.209 e. The van der Waals surface area contributed by atoms with E-state index in [1.54, 1.807) is 24.3 Å². The Labute approximate surface area is 201 Å². The van der Waals surface area contributed by atoms with Crippen LogP contribution in [0.2, 0.25) is 0 Å². The van der Waals surface area contributed by atoms with Gasteiger partial charge in [0.05, 0.1) is 17.0 Å². The van der Waals surface area contributed by atoms with Gasteiger partial charge in [-0.3, -0.25) is 4.98 Å². The lowest BCUT2D eigenvalue weighted by molar-refractivity contribution is 0.308. The minimum Gasteiger partial charge on any atom is -0.494 e. The van der Waals surface area contributed by atoms with Gasteiger partial charge in [-0.25, -0.2) is 8.42 Å². The zero-order valence-corrected chi connectivity index (χ0v) is 20.5. The molecule has 0 aliphatic heterocycles. The summed E-state index contributed by atoms with van der Waals surface area (Å²) in [5, 5.41) is 3.39. The highest BCUT2D eigenvalue weighted by molar-refractivity contribution is 7.91. The van der Waals surface area contributed by atoms with Crippen LogP contribution in [-0.2, 0) is 16.3 Å². The Balaban J connectivity index is 1.34. The molecule has 4 aromatic rings. The second-order valence-electron chi connectivity index (χ2n) is 8.56. The van der Waals surface area contributed by atoms with Crippen molar-refractivity contribution in [3.8, 4) is 5.75 Å². The molecule has 4 rings (SSSR count). The quantitative estimate of drug-likeness (QED) is 0.311. The third kappa shape index (κ3) is 5.48. The molecule has 0 bridgehead atoms. The third-order valence-corrected chi connectivity index (χ3v) is 7.61. The van der Waals surface area contributed by atoms with E-state index in [2.05, 4.69) is 10.3 Å². The first-order valence-corrected chi connectivity index (χ1v) is 13.1. The average molecular weight is 478 g/mol. The van der Waals surface area contributed by atoms with Gasteiger partial charge in [-0.15, -0.1) is 0 Å². The Hall–Kier alpha value is -3.16. The van der Waals surface area contributed by atoms with Gasteiger partial charge in [-0.1, -0.05) is 26.0 Å². The van der Waals surface area contributed by atoms with Crippen LogP contribution in [0.1, 0.15) is 37.4 Å². The lowest BCUT2D eigenvalue weighted by Crippen LogP contribution is -2.20. The molecule has 178 valence electrons. The summed E-state index contributed by atoms with van der Waals surface area (Å²) in [6.45, 7) is 6.30. The number of nitrogens with zero attached hydrogens (tertiary/aromatic N) is 2. The van der Waals surface area contributed by atoms with Crippen LogP contribution in [0.4, 0.5) is 0 Å². The third-order valence-electron chi connectivity index (χ3n) is 5.74. The van der Waals surface area contributed by atoms with Crippen molar-refractivity contribution in [3.63, 3.8) is 0 Å². The van der Waals surface area contributed by atoms with Crippen LogP contribution in [0.15, 0.2) is 89.0 Å². The molecule has 0 amide bonds. The van der Waals surface area contributed by atoms with E-state index in [1.165, 1.54) is 0 Å². The molecule has 0 saturated heterocycles. The number of rotatable bonds is 11. The molecule has 34 heavy (non-hydrogen) atoms. The van der Waals surface area contributed by atoms with Gasteiger partial charge in [0.25, 0.3) is 0 Å². The number of hydrogen-bond donors (Lipinski definition) is 1. The second kappa shape index (κ2) is 10.8. The van der Waals surface area contributed by atoms with Gasteiger partial charge in [-0.2, -0.15) is 0 Å². The van der Waals surface area contributed by atoms with E-state index in [0.29, 0.717) is 22.8 Å². The van der Waals surface area contributed by atoms with Crippen molar-refractivity contribution in [1.82, 2.24) is 14.7 Å². The summed E-state index contributed by atoms with van der Waals surface area (Å²) >= 11 is 0. The molecule has 1 N–H and O–H groups in total. The fourth-order valence-electron chi connectivity index (χ4n) is 3.93. The summed E-state index contributed by atoms with van der Waals surface area (Å²) in [7, 11) is -3.66. The summed E-state index contributed by atoms with van der Waals surface area (Å²) in [5.41, 5.74) is 2.60. The van der Waals surface area contributed by atoms with Gasteiger partial charge < -0.3 is 14.5 Å². The summed E-state index contributed by atoms with van der Waals surface area (Å²) in [4.78, 5) is 4.97. The van der Waals surface area contributed by atoms with Crippen molar-refractivity contribution >= 4 is 15.4 Å². The van der Waals surface area contributed by atoms with Crippen molar-refractivity contribution in [2.45, 2.75) is 42.4 Å². The first kappa shape index (κ1) is 24.0. The van der Waals surface area contributed by atoms with Crippen LogP contribution in [0.3, 0.4) is 0 Å². The fourth-order valence-corrected chi connectivity index (χ4v) is 5.71. The molecule has 1 aromatic carbocycles. The topological polar surface area (TPSA) is 72.7 Å². The summed E-state index contributed by atoms with van der Waals surface area (Å²) in [5.74, 6) is 0.753. The maximum Gasteiger partial charge on any atom is 0.209 e. The van der Waals surface area contributed by atoms with Gasteiger partial charge in [0.15, 0.2) is 0 Å². The number of nitrogens with one attached hydrogen (secondary N) is 1. The standard InChI is InChI=1S/C27H31N3O3S/c1-21(2)25-20-30-18-6-4-9-26(30)27(25)34(31,32)24-12-10-23(11-13-24)33-19-7-15-28-17-14-22-8-3-5-16-29-22/h3-6,8-13,16,18,20-21,28H,7,14-15,17,19H2,1-2H3. The van der Waals surface area contributed by atoms with Gasteiger partial charge in [0, 0.05) is 37.3 Å². The number of fused-ring (bicyclic) bond motifs is 1. The molecule has 0 radical (unpaired) electrons. The molecular formula is C27H31N3O3S. The normalized spacial score (nSPS) is 11.9. The monoisotopic (exact) mass is 477 g/mol. The first-order chi connectivity index (χ1) is 16.5. The molecule has 0 atom stereocenters. The predicted molar refractivity (Wildman–Crippen MR) is 134 cm³/mol. The number of aromatic nitrogens is 2. The Morgan fingerprint density at radius 2 is 1.79 bits per heavy atom. The van der Waals surface area contributed by atoms with Crippen molar-refractivity contribution in [2.24, 2.45) is 0 Å². The number of pyridine rings is 2. The van der Waals surface area contributed by atoms with Crippen molar-refractivity contribution in [2.75, 3.05) is 19.7 Å². The van der Waals surface area contributed by atoms with E-state index in [0.717, 1.165) is 37.2 Å². The van der Waals surface area contributed by atoms with Crippen LogP contribution in [0, 0.1) is 0 Å². The Morgan fingerprint density at radius 1 is 1.00 bits per heavy atom. The highest BCUT2D eigenvalue weighted by Gasteiger charge is 2.27. The molecule has 0 aliphatic rings. The molecule has 0 unspecified atom stereocenters. The van der Waals surface area contributed by atoms with Gasteiger partial charge in [-0.05, 0) is 73.0 Å². The van der Waals surface area contributed by atoms with E-state index in [1.807, 2.05) is 73.2 Å². The van der Waals surface area contributed by atoms with Gasteiger partial charge >= 0.3 is 0 Å². The van der Waals surface area contributed by atoms with E-state index in [-0.39, 0.29) is 10.8 Å². The molecule has 3 heterocycles. The van der Waals surface area contributed by atoms with E-state index in [4.69, 9.17) is 4.74 Å². The summed E-state index contributed by atoms with van der Waals surface area (Å²) in [6, 6.07) is 18.3. The molecule has 3 aromatic heterocycles. The molecule has 6 nitrogen and oxygen atoms in total. The average Bonchev–Trinajstić information content (AvgIpc) is 3.25. The van der Waals surface area contributed by atoms with Gasteiger partial charge in [0.1, 0.15) is 10.6 Å². The second-order valence-corrected chi connectivity index (χ2v) is 10.4. The van der Waals surface area contributed by atoms with Crippen LogP contribution in [0.25, 0.3) is 5.52 Å². The largest absolute Gasteiger partial charge is 0.494 e. The first-order valence-electron chi connectivity index (χ1n) is 11.6. The lowest BCUT2D eigenvalue weighted by atomic mass is 10.1. The summed E-state index contributed by atoms with van der Waals surface area (Å²) < 4.78 is 34.8. The zero-order chi connectivity index (χ0) is 24.0. The van der Waals surface area contributed by atoms with E-state index in [9.17, 15) is 8.42 Å². The zero-order valence-electron chi connectivity index (χ0n) is 19.6. The highest BCUT2D eigenvalue weighted by atomic mass is 32.2. The molecule has 0 spiro atoms.